The van der Waals surface area contributed by atoms with Gasteiger partial charge in [0.15, 0.2) is 17.5 Å². The average molecular weight is 412 g/mol. The standard InChI is InChI=1S/C18H19F3N4O2S/c1-11-9-24-16(15(8-22-24)25-3-2-4-28(25)27)10-23(11)17(26)7-12-5-13(19)18(21)14(20)6-12/h5-6,8,11H,2-4,7,9-10H2,1H3/t11-,28?/m0/s1. The van der Waals surface area contributed by atoms with Gasteiger partial charge in [-0.05, 0) is 31.0 Å². The van der Waals surface area contributed by atoms with Gasteiger partial charge >= 0.3 is 0 Å². The number of carbonyl (C=O) groups excluding carboxylic acids is 1. The lowest BCUT2D eigenvalue weighted by Gasteiger charge is -2.35. The third-order valence-electron chi connectivity index (χ3n) is 5.13. The molecule has 2 atom stereocenters. The Hall–Kier alpha value is -2.36. The lowest BCUT2D eigenvalue weighted by Crippen LogP contribution is -2.46. The van der Waals surface area contributed by atoms with E-state index in [4.69, 9.17) is 0 Å². The van der Waals surface area contributed by atoms with Crippen LogP contribution in [-0.4, -0.2) is 43.1 Å². The fraction of sp³-hybridized carbons (Fsp3) is 0.444. The summed E-state index contributed by atoms with van der Waals surface area (Å²) in [6.07, 6.45) is 2.26. The van der Waals surface area contributed by atoms with Gasteiger partial charge in [0.25, 0.3) is 0 Å². The Morgan fingerprint density at radius 2 is 2.00 bits per heavy atom. The van der Waals surface area contributed by atoms with Crippen LogP contribution in [0, 0.1) is 17.5 Å². The molecule has 0 N–H and O–H groups in total. The van der Waals surface area contributed by atoms with E-state index in [0.29, 0.717) is 18.8 Å². The molecule has 0 spiro atoms. The maximum Gasteiger partial charge on any atom is 0.227 e. The molecule has 0 bridgehead atoms. The number of hydrogen-bond donors (Lipinski definition) is 0. The molecule has 0 radical (unpaired) electrons. The molecule has 2 aromatic rings. The van der Waals surface area contributed by atoms with Gasteiger partial charge in [-0.1, -0.05) is 0 Å². The van der Waals surface area contributed by atoms with Crippen molar-refractivity contribution in [2.75, 3.05) is 16.6 Å². The highest BCUT2D eigenvalue weighted by atomic mass is 32.2. The van der Waals surface area contributed by atoms with Crippen LogP contribution in [0.3, 0.4) is 0 Å². The van der Waals surface area contributed by atoms with Crippen molar-refractivity contribution in [2.45, 2.75) is 38.9 Å². The predicted molar refractivity (Wildman–Crippen MR) is 97.2 cm³/mol. The third kappa shape index (κ3) is 3.30. The van der Waals surface area contributed by atoms with E-state index < -0.39 is 28.4 Å². The number of aromatic nitrogens is 2. The summed E-state index contributed by atoms with van der Waals surface area (Å²) in [5.41, 5.74) is 1.62. The van der Waals surface area contributed by atoms with E-state index in [-0.39, 0.29) is 30.5 Å². The maximum absolute atomic E-state index is 13.4. The molecule has 0 saturated carbocycles. The van der Waals surface area contributed by atoms with Gasteiger partial charge in [-0.25, -0.2) is 17.4 Å². The smallest absolute Gasteiger partial charge is 0.227 e. The van der Waals surface area contributed by atoms with E-state index in [1.54, 1.807) is 20.1 Å². The summed E-state index contributed by atoms with van der Waals surface area (Å²) in [6.45, 7) is 3.26. The Kier molecular flexibility index (Phi) is 4.90. The number of anilines is 1. The second-order valence-corrected chi connectivity index (χ2v) is 8.55. The van der Waals surface area contributed by atoms with Gasteiger partial charge in [-0.15, -0.1) is 0 Å². The molecule has 6 nitrogen and oxygen atoms in total. The van der Waals surface area contributed by atoms with Gasteiger partial charge < -0.3 is 4.90 Å². The van der Waals surface area contributed by atoms with Crippen LogP contribution >= 0.6 is 0 Å². The van der Waals surface area contributed by atoms with Crippen LogP contribution in [-0.2, 0) is 35.3 Å². The zero-order valence-corrected chi connectivity index (χ0v) is 16.0. The lowest BCUT2D eigenvalue weighted by atomic mass is 10.1. The highest BCUT2D eigenvalue weighted by molar-refractivity contribution is 7.86. The van der Waals surface area contributed by atoms with Crippen LogP contribution in [0.4, 0.5) is 18.9 Å². The van der Waals surface area contributed by atoms with Crippen LogP contribution in [0.2, 0.25) is 0 Å². The normalized spacial score (nSPS) is 21.9. The van der Waals surface area contributed by atoms with Crippen LogP contribution in [0.25, 0.3) is 0 Å². The van der Waals surface area contributed by atoms with E-state index in [1.807, 2.05) is 6.92 Å². The number of carbonyl (C=O) groups is 1. The zero-order chi connectivity index (χ0) is 20.0. The predicted octanol–water partition coefficient (Wildman–Crippen LogP) is 2.15. The average Bonchev–Trinajstić information content (AvgIpc) is 3.24. The Morgan fingerprint density at radius 3 is 2.64 bits per heavy atom. The fourth-order valence-electron chi connectivity index (χ4n) is 3.69. The molecule has 1 fully saturated rings. The quantitative estimate of drug-likeness (QED) is 0.726. The number of halogens is 3. The fourth-order valence-corrected chi connectivity index (χ4v) is 4.99. The number of amides is 1. The number of nitrogens with zero attached hydrogens (tertiary/aromatic N) is 4. The molecule has 3 heterocycles. The number of fused-ring (bicyclic) bond motifs is 1. The zero-order valence-electron chi connectivity index (χ0n) is 15.2. The highest BCUT2D eigenvalue weighted by Crippen LogP contribution is 2.30. The molecule has 2 aliphatic heterocycles. The molecule has 1 aromatic carbocycles. The summed E-state index contributed by atoms with van der Waals surface area (Å²) in [4.78, 5) is 14.4. The molecule has 150 valence electrons. The SMILES string of the molecule is C[C@H]1Cn2ncc(N3CCCS3=O)c2CN1C(=O)Cc1cc(F)c(F)c(F)c1. The first-order valence-corrected chi connectivity index (χ1v) is 10.3. The third-order valence-corrected chi connectivity index (χ3v) is 6.64. The summed E-state index contributed by atoms with van der Waals surface area (Å²) in [5, 5.41) is 4.36. The number of hydrogen-bond acceptors (Lipinski definition) is 3. The van der Waals surface area contributed by atoms with E-state index in [9.17, 15) is 22.2 Å². The van der Waals surface area contributed by atoms with Crippen molar-refractivity contribution in [3.63, 3.8) is 0 Å². The summed E-state index contributed by atoms with van der Waals surface area (Å²) in [6, 6.07) is 1.51. The minimum absolute atomic E-state index is 0.0774. The number of rotatable bonds is 3. The molecular formula is C18H19F3N4O2S. The topological polar surface area (TPSA) is 58.4 Å². The minimum atomic E-state index is -1.55. The molecule has 28 heavy (non-hydrogen) atoms. The summed E-state index contributed by atoms with van der Waals surface area (Å²) >= 11 is 0. The molecule has 0 aliphatic carbocycles. The van der Waals surface area contributed by atoms with Gasteiger partial charge in [0.1, 0.15) is 11.0 Å². The molecule has 1 unspecified atom stereocenters. The molecule has 4 rings (SSSR count). The molecule has 1 saturated heterocycles. The number of benzene rings is 1. The van der Waals surface area contributed by atoms with Gasteiger partial charge in [-0.2, -0.15) is 5.10 Å². The largest absolute Gasteiger partial charge is 0.332 e. The molecule has 10 heteroatoms. The molecular weight excluding hydrogens is 393 g/mol. The summed E-state index contributed by atoms with van der Waals surface area (Å²) < 4.78 is 55.8. The molecule has 2 aliphatic rings. The van der Waals surface area contributed by atoms with E-state index in [2.05, 4.69) is 5.10 Å². The Morgan fingerprint density at radius 1 is 1.29 bits per heavy atom. The monoisotopic (exact) mass is 412 g/mol. The van der Waals surface area contributed by atoms with Crippen molar-refractivity contribution in [1.29, 1.82) is 0 Å². The van der Waals surface area contributed by atoms with Gasteiger partial charge in [0.05, 0.1) is 37.1 Å². The van der Waals surface area contributed by atoms with E-state index in [1.165, 1.54) is 0 Å². The van der Waals surface area contributed by atoms with Crippen molar-refractivity contribution in [1.82, 2.24) is 14.7 Å². The van der Waals surface area contributed by atoms with Crippen molar-refractivity contribution < 1.29 is 22.2 Å². The van der Waals surface area contributed by atoms with Crippen LogP contribution in [0.15, 0.2) is 18.3 Å². The van der Waals surface area contributed by atoms with E-state index in [0.717, 1.165) is 29.9 Å². The van der Waals surface area contributed by atoms with Gasteiger partial charge in [0, 0.05) is 18.3 Å². The second-order valence-electron chi connectivity index (χ2n) is 7.06. The van der Waals surface area contributed by atoms with E-state index >= 15 is 0 Å². The molecule has 1 amide bonds. The second kappa shape index (κ2) is 7.23. The van der Waals surface area contributed by atoms with Crippen molar-refractivity contribution in [3.8, 4) is 0 Å². The summed E-state index contributed by atoms with van der Waals surface area (Å²) in [5.74, 6) is -3.89. The first-order valence-electron chi connectivity index (χ1n) is 8.98. The first-order chi connectivity index (χ1) is 13.3. The van der Waals surface area contributed by atoms with Gasteiger partial charge in [0.2, 0.25) is 5.91 Å². The Labute approximate surface area is 162 Å². The highest BCUT2D eigenvalue weighted by Gasteiger charge is 2.33. The first kappa shape index (κ1) is 19.0. The van der Waals surface area contributed by atoms with Crippen LogP contribution < -0.4 is 4.31 Å². The Balaban J connectivity index is 1.56. The van der Waals surface area contributed by atoms with Gasteiger partial charge in [-0.3, -0.25) is 13.8 Å². The van der Waals surface area contributed by atoms with Crippen molar-refractivity contribution in [3.05, 3.63) is 47.0 Å². The minimum Gasteiger partial charge on any atom is -0.332 e. The van der Waals surface area contributed by atoms with Crippen molar-refractivity contribution in [2.24, 2.45) is 0 Å². The maximum atomic E-state index is 13.4. The van der Waals surface area contributed by atoms with Crippen molar-refractivity contribution >= 4 is 22.6 Å². The lowest BCUT2D eigenvalue weighted by molar-refractivity contribution is -0.134. The Bertz CT molecular complexity index is 941. The van der Waals surface area contributed by atoms with Crippen LogP contribution in [0.1, 0.15) is 24.6 Å². The summed E-state index contributed by atoms with van der Waals surface area (Å²) in [7, 11) is -1.10. The van der Waals surface area contributed by atoms with Crippen LogP contribution in [0.5, 0.6) is 0 Å². The molecule has 1 aromatic heterocycles.